The molecule has 2 rings (SSSR count). The van der Waals surface area contributed by atoms with Crippen LogP contribution in [-0.2, 0) is 57.1 Å². The van der Waals surface area contributed by atoms with E-state index in [-0.39, 0.29) is 63.2 Å². The van der Waals surface area contributed by atoms with Gasteiger partial charge >= 0.3 is 17.9 Å². The van der Waals surface area contributed by atoms with Crippen LogP contribution in [0, 0.1) is 11.3 Å². The smallest absolute Gasteiger partial charge is 0.309 e. The molecule has 0 spiro atoms. The van der Waals surface area contributed by atoms with Gasteiger partial charge in [-0.05, 0) is 26.7 Å². The number of hydrogen-bond acceptors (Lipinski definition) is 12. The minimum Gasteiger partial charge on any atom is -0.468 e. The Morgan fingerprint density at radius 2 is 1.56 bits per heavy atom. The molecule has 0 bridgehead atoms. The minimum atomic E-state index is -1.000. The van der Waals surface area contributed by atoms with E-state index in [0.29, 0.717) is 32.5 Å². The van der Waals surface area contributed by atoms with E-state index in [1.807, 2.05) is 27.7 Å². The van der Waals surface area contributed by atoms with Gasteiger partial charge in [-0.3, -0.25) is 19.2 Å². The van der Waals surface area contributed by atoms with E-state index < -0.39 is 35.5 Å². The van der Waals surface area contributed by atoms with Crippen molar-refractivity contribution >= 4 is 24.4 Å². The second-order valence-electron chi connectivity index (χ2n) is 11.2. The Hall–Kier alpha value is -2.28. The molecule has 0 N–H and O–H groups in total. The molecule has 0 aliphatic carbocycles. The fraction of sp³-hybridized carbons (Fsp3) is 0.852. The maximum Gasteiger partial charge on any atom is 0.309 e. The zero-order valence-electron chi connectivity index (χ0n) is 24.0. The lowest BCUT2D eigenvalue weighted by Crippen LogP contribution is -2.41. The third kappa shape index (κ3) is 11.0. The molecule has 2 fully saturated rings. The normalized spacial score (nSPS) is 27.5. The third-order valence-corrected chi connectivity index (χ3v) is 6.78. The Balaban J connectivity index is 1.60. The first-order chi connectivity index (χ1) is 18.3. The van der Waals surface area contributed by atoms with Crippen LogP contribution in [-0.4, -0.2) is 87.8 Å². The maximum absolute atomic E-state index is 12.4. The number of ether oxygens (including phenoxy) is 8. The van der Waals surface area contributed by atoms with Crippen molar-refractivity contribution in [2.24, 2.45) is 11.3 Å². The molecule has 12 nitrogen and oxygen atoms in total. The van der Waals surface area contributed by atoms with Gasteiger partial charge < -0.3 is 37.9 Å². The summed E-state index contributed by atoms with van der Waals surface area (Å²) in [5.41, 5.74) is -0.240. The molecule has 12 heteroatoms. The molecule has 0 amide bonds. The summed E-state index contributed by atoms with van der Waals surface area (Å²) in [6, 6.07) is 0. The number of esters is 3. The van der Waals surface area contributed by atoms with Gasteiger partial charge in [-0.1, -0.05) is 27.7 Å². The molecule has 2 aliphatic rings. The van der Waals surface area contributed by atoms with E-state index in [1.54, 1.807) is 13.8 Å². The fourth-order valence-electron chi connectivity index (χ4n) is 3.83. The van der Waals surface area contributed by atoms with Crippen molar-refractivity contribution < 1.29 is 57.1 Å². The molecule has 39 heavy (non-hydrogen) atoms. The Labute approximate surface area is 230 Å². The molecule has 2 aliphatic heterocycles. The van der Waals surface area contributed by atoms with Gasteiger partial charge in [0.15, 0.2) is 11.6 Å². The van der Waals surface area contributed by atoms with E-state index in [1.165, 1.54) is 0 Å². The van der Waals surface area contributed by atoms with Crippen molar-refractivity contribution in [3.63, 3.8) is 0 Å². The monoisotopic (exact) mass is 560 g/mol. The van der Waals surface area contributed by atoms with Gasteiger partial charge in [0.2, 0.25) is 0 Å². The molecule has 5 atom stereocenters. The van der Waals surface area contributed by atoms with E-state index in [9.17, 15) is 19.2 Å². The van der Waals surface area contributed by atoms with Crippen molar-refractivity contribution in [1.29, 1.82) is 0 Å². The molecule has 5 unspecified atom stereocenters. The van der Waals surface area contributed by atoms with Crippen LogP contribution in [0.1, 0.15) is 73.6 Å². The van der Waals surface area contributed by atoms with Crippen molar-refractivity contribution in [2.75, 3.05) is 39.6 Å². The van der Waals surface area contributed by atoms with Crippen LogP contribution in [0.2, 0.25) is 0 Å². The highest BCUT2D eigenvalue weighted by Crippen LogP contribution is 2.39. The zero-order chi connectivity index (χ0) is 29.1. The highest BCUT2D eigenvalue weighted by molar-refractivity contribution is 5.79. The van der Waals surface area contributed by atoms with Crippen LogP contribution < -0.4 is 0 Å². The highest BCUT2D eigenvalue weighted by Gasteiger charge is 2.47. The number of carbonyl (C=O) groups excluding carboxylic acids is 4. The number of carbonyl (C=O) groups is 4. The molecule has 0 radical (unpaired) electrons. The summed E-state index contributed by atoms with van der Waals surface area (Å²) in [6.07, 6.45) is 0.568. The molecule has 2 saturated heterocycles. The summed E-state index contributed by atoms with van der Waals surface area (Å²) in [4.78, 5) is 46.6. The van der Waals surface area contributed by atoms with E-state index in [4.69, 9.17) is 33.2 Å². The molecule has 0 aromatic carbocycles. The van der Waals surface area contributed by atoms with Crippen molar-refractivity contribution in [2.45, 2.75) is 97.4 Å². The van der Waals surface area contributed by atoms with Crippen LogP contribution in [0.5, 0.6) is 0 Å². The second kappa shape index (κ2) is 14.9. The summed E-state index contributed by atoms with van der Waals surface area (Å²) in [5.74, 6) is -3.91. The molecular weight excluding hydrogens is 516 g/mol. The maximum atomic E-state index is 12.4. The topological polar surface area (TPSA) is 142 Å². The lowest BCUT2D eigenvalue weighted by molar-refractivity contribution is -0.221. The fourth-order valence-corrected chi connectivity index (χ4v) is 3.83. The van der Waals surface area contributed by atoms with Crippen LogP contribution in [0.25, 0.3) is 0 Å². The Morgan fingerprint density at radius 3 is 2.23 bits per heavy atom. The second-order valence-corrected chi connectivity index (χ2v) is 11.2. The summed E-state index contributed by atoms with van der Waals surface area (Å²) in [7, 11) is 0. The lowest BCUT2D eigenvalue weighted by atomic mass is 9.87. The minimum absolute atomic E-state index is 0.0395. The average molecular weight is 561 g/mol. The van der Waals surface area contributed by atoms with Gasteiger partial charge in [0.1, 0.15) is 25.4 Å². The van der Waals surface area contributed by atoms with Crippen molar-refractivity contribution in [3.05, 3.63) is 0 Å². The SMILES string of the molecule is CC(CC(=O)OCC1COC(C)(CCC(=O)OCCCCOC=O)O1)C(=O)OCC1COC(C)(C(C)(C)C)O1. The van der Waals surface area contributed by atoms with Gasteiger partial charge in [-0.25, -0.2) is 0 Å². The molecule has 0 saturated carbocycles. The molecule has 2 heterocycles. The predicted octanol–water partition coefficient (Wildman–Crippen LogP) is 2.68. The van der Waals surface area contributed by atoms with Gasteiger partial charge in [0.05, 0.1) is 45.2 Å². The van der Waals surface area contributed by atoms with Crippen molar-refractivity contribution in [1.82, 2.24) is 0 Å². The quantitative estimate of drug-likeness (QED) is 0.119. The molecule has 224 valence electrons. The average Bonchev–Trinajstić information content (AvgIpc) is 3.45. The standard InChI is InChI=1S/C27H44O12/c1-19(24(31)35-15-21-17-37-27(6,39-21)25(2,3)4)13-23(30)34-14-20-16-36-26(5,38-20)10-9-22(29)33-12-8-7-11-32-18-28/h18-21H,7-17H2,1-6H3. The van der Waals surface area contributed by atoms with E-state index in [0.717, 1.165) is 0 Å². The van der Waals surface area contributed by atoms with E-state index in [2.05, 4.69) is 4.74 Å². The van der Waals surface area contributed by atoms with Crippen LogP contribution in [0.15, 0.2) is 0 Å². The van der Waals surface area contributed by atoms with E-state index >= 15 is 0 Å². The number of hydrogen-bond donors (Lipinski definition) is 0. The largest absolute Gasteiger partial charge is 0.468 e. The summed E-state index contributed by atoms with van der Waals surface area (Å²) in [6.45, 7) is 12.6. The van der Waals surface area contributed by atoms with Crippen molar-refractivity contribution in [3.8, 4) is 0 Å². The van der Waals surface area contributed by atoms with Crippen LogP contribution >= 0.6 is 0 Å². The summed E-state index contributed by atoms with van der Waals surface area (Å²) < 4.78 is 43.6. The Morgan fingerprint density at radius 1 is 0.923 bits per heavy atom. The first kappa shape index (κ1) is 32.9. The van der Waals surface area contributed by atoms with Gasteiger partial charge in [0.25, 0.3) is 6.47 Å². The molecule has 0 aromatic heterocycles. The predicted molar refractivity (Wildman–Crippen MR) is 135 cm³/mol. The first-order valence-corrected chi connectivity index (χ1v) is 13.4. The lowest BCUT2D eigenvalue weighted by Gasteiger charge is -2.36. The van der Waals surface area contributed by atoms with Gasteiger partial charge in [0, 0.05) is 11.8 Å². The van der Waals surface area contributed by atoms with Crippen LogP contribution in [0.3, 0.4) is 0 Å². The van der Waals surface area contributed by atoms with Gasteiger partial charge in [-0.15, -0.1) is 0 Å². The molecule has 0 aromatic rings. The Kier molecular flexibility index (Phi) is 12.6. The summed E-state index contributed by atoms with van der Waals surface area (Å²) >= 11 is 0. The number of rotatable bonds is 16. The third-order valence-electron chi connectivity index (χ3n) is 6.78. The highest BCUT2D eigenvalue weighted by atomic mass is 16.8. The number of unbranched alkanes of at least 4 members (excludes halogenated alkanes) is 1. The summed E-state index contributed by atoms with van der Waals surface area (Å²) in [5, 5.41) is 0. The van der Waals surface area contributed by atoms with Crippen LogP contribution in [0.4, 0.5) is 0 Å². The molecular formula is C27H44O12. The Bertz CT molecular complexity index is 824. The zero-order valence-corrected chi connectivity index (χ0v) is 24.0. The van der Waals surface area contributed by atoms with Gasteiger partial charge in [-0.2, -0.15) is 0 Å². The first-order valence-electron chi connectivity index (χ1n) is 13.4.